The highest BCUT2D eigenvalue weighted by molar-refractivity contribution is 7.26. The molecule has 0 bridgehead atoms. The van der Waals surface area contributed by atoms with E-state index < -0.39 is 47.0 Å². The molecule has 0 saturated heterocycles. The van der Waals surface area contributed by atoms with Gasteiger partial charge in [0.25, 0.3) is 0 Å². The molecule has 18 heteroatoms. The van der Waals surface area contributed by atoms with Crippen LogP contribution in [0.15, 0.2) is 231 Å². The van der Waals surface area contributed by atoms with Crippen LogP contribution in [0.4, 0.5) is 86.8 Å². The molecule has 4 aromatic heterocycles. The van der Waals surface area contributed by atoms with Crippen LogP contribution in [0.3, 0.4) is 0 Å². The van der Waals surface area contributed by atoms with Crippen molar-refractivity contribution < 1.29 is 52.7 Å². The highest BCUT2D eigenvalue weighted by Gasteiger charge is 2.39. The Balaban J connectivity index is 0.999. The van der Waals surface area contributed by atoms with E-state index in [1.165, 1.54) is 24.5 Å². The first-order chi connectivity index (χ1) is 41.1. The van der Waals surface area contributed by atoms with E-state index in [1.807, 2.05) is 84.9 Å². The minimum absolute atomic E-state index is 0.0304. The van der Waals surface area contributed by atoms with Crippen molar-refractivity contribution in [1.82, 2.24) is 9.97 Å². The fourth-order valence-electron chi connectivity index (χ4n) is 10.8. The number of pyridine rings is 2. The van der Waals surface area contributed by atoms with E-state index in [4.69, 9.17) is 0 Å². The normalized spacial score (nSPS) is 12.4. The summed E-state index contributed by atoms with van der Waals surface area (Å²) in [5.41, 5.74) is -2.07. The number of alkyl halides is 12. The van der Waals surface area contributed by atoms with Gasteiger partial charge in [-0.2, -0.15) is 52.7 Å². The summed E-state index contributed by atoms with van der Waals surface area (Å²) in [4.78, 5) is 12.2. The third-order valence-corrected chi connectivity index (χ3v) is 17.1. The van der Waals surface area contributed by atoms with Crippen LogP contribution in [0.25, 0.3) is 84.9 Å². The fraction of sp³-hybridized carbons (Fsp3) is 0.0588. The molecular formula is C68H38F12N4S2. The zero-order chi connectivity index (χ0) is 59.9. The molecule has 4 nitrogen and oxygen atoms in total. The predicted octanol–water partition coefficient (Wildman–Crippen LogP) is 22.9. The summed E-state index contributed by atoms with van der Waals surface area (Å²) in [6.07, 6.45) is -14.4. The van der Waals surface area contributed by atoms with Crippen molar-refractivity contribution >= 4 is 97.1 Å². The summed E-state index contributed by atoms with van der Waals surface area (Å²) >= 11 is 3.14. The van der Waals surface area contributed by atoms with Crippen molar-refractivity contribution in [1.29, 1.82) is 0 Å². The number of aromatic nitrogens is 2. The smallest absolute Gasteiger partial charge is 0.309 e. The second kappa shape index (κ2) is 21.2. The van der Waals surface area contributed by atoms with Gasteiger partial charge in [-0.15, -0.1) is 22.7 Å². The van der Waals surface area contributed by atoms with E-state index in [-0.39, 0.29) is 34.4 Å². The maximum absolute atomic E-state index is 14.5. The molecule has 0 saturated carbocycles. The first kappa shape index (κ1) is 55.7. The van der Waals surface area contributed by atoms with Gasteiger partial charge in [0.15, 0.2) is 0 Å². The molecule has 0 unspecified atom stereocenters. The zero-order valence-electron chi connectivity index (χ0n) is 44.1. The first-order valence-electron chi connectivity index (χ1n) is 26.3. The summed E-state index contributed by atoms with van der Waals surface area (Å²) in [7, 11) is 0. The van der Waals surface area contributed by atoms with Gasteiger partial charge in [0.2, 0.25) is 0 Å². The van der Waals surface area contributed by atoms with E-state index in [2.05, 4.69) is 9.97 Å². The van der Waals surface area contributed by atoms with Crippen molar-refractivity contribution in [3.8, 4) is 44.5 Å². The van der Waals surface area contributed by atoms with Crippen LogP contribution in [0.5, 0.6) is 0 Å². The van der Waals surface area contributed by atoms with E-state index in [0.717, 1.165) is 40.3 Å². The summed E-state index contributed by atoms with van der Waals surface area (Å²) in [5.74, 6) is 0. The summed E-state index contributed by atoms with van der Waals surface area (Å²) in [6.45, 7) is 0. The molecular weight excluding hydrogens is 1160 g/mol. The molecule has 0 aliphatic rings. The lowest BCUT2D eigenvalue weighted by atomic mass is 9.94. The van der Waals surface area contributed by atoms with E-state index in [0.29, 0.717) is 80.6 Å². The second-order valence-electron chi connectivity index (χ2n) is 20.4. The number of rotatable bonds is 10. The maximum atomic E-state index is 14.5. The van der Waals surface area contributed by atoms with Gasteiger partial charge in [0.05, 0.1) is 46.0 Å². The Hall–Kier alpha value is -9.52. The molecule has 0 aliphatic heterocycles. The summed E-state index contributed by atoms with van der Waals surface area (Å²) < 4.78 is 178. The lowest BCUT2D eigenvalue weighted by molar-refractivity contribution is -0.144. The largest absolute Gasteiger partial charge is 0.416 e. The van der Waals surface area contributed by atoms with E-state index >= 15 is 0 Å². The molecule has 0 atom stereocenters. The molecule has 0 spiro atoms. The number of halogens is 12. The molecule has 0 radical (unpaired) electrons. The van der Waals surface area contributed by atoms with Gasteiger partial charge >= 0.3 is 24.7 Å². The fourth-order valence-corrected chi connectivity index (χ4v) is 13.0. The molecule has 13 rings (SSSR count). The van der Waals surface area contributed by atoms with Gasteiger partial charge in [-0.3, -0.25) is 9.97 Å². The average Bonchev–Trinajstić information content (AvgIpc) is 2.81. The molecule has 0 amide bonds. The Morgan fingerprint density at radius 1 is 0.256 bits per heavy atom. The predicted molar refractivity (Wildman–Crippen MR) is 319 cm³/mol. The standard InChI is InChI=1S/C68H38F12N4S2/c69-65(70,71)47-25-45(26-48(35-47)66(72,73)74)43-23-41(39-13-19-63-59(33-39)57-9-1-3-11-61(57)85-63)29-55(31-43)83(53-7-5-21-81-37-53)51-15-17-52(18-16-51)84(54-8-6-22-82-38-54)56-30-42(40-14-20-64-60(34-40)58-10-2-4-12-62(58)86-64)24-44(32-56)46-27-49(67(75,76)77)36-50(28-46)68(78,79)80/h1-38H. The lowest BCUT2D eigenvalue weighted by Crippen LogP contribution is -2.13. The number of anilines is 6. The van der Waals surface area contributed by atoms with Gasteiger partial charge in [-0.1, -0.05) is 48.5 Å². The summed E-state index contributed by atoms with van der Waals surface area (Å²) in [5, 5.41) is 3.70. The third-order valence-electron chi connectivity index (χ3n) is 14.8. The van der Waals surface area contributed by atoms with Gasteiger partial charge in [0, 0.05) is 75.5 Å². The molecule has 13 aromatic rings. The van der Waals surface area contributed by atoms with Crippen LogP contribution in [-0.2, 0) is 24.7 Å². The topological polar surface area (TPSA) is 32.3 Å². The monoisotopic (exact) mass is 1200 g/mol. The van der Waals surface area contributed by atoms with Gasteiger partial charge < -0.3 is 9.80 Å². The zero-order valence-corrected chi connectivity index (χ0v) is 45.7. The van der Waals surface area contributed by atoms with E-state index in [9.17, 15) is 52.7 Å². The minimum atomic E-state index is -5.14. The maximum Gasteiger partial charge on any atom is 0.416 e. The van der Waals surface area contributed by atoms with Crippen molar-refractivity contribution in [3.05, 3.63) is 253 Å². The lowest BCUT2D eigenvalue weighted by Gasteiger charge is -2.29. The Morgan fingerprint density at radius 2 is 0.581 bits per heavy atom. The van der Waals surface area contributed by atoms with Crippen LogP contribution in [0.2, 0.25) is 0 Å². The van der Waals surface area contributed by atoms with E-state index in [1.54, 1.807) is 118 Å². The molecule has 9 aromatic carbocycles. The Kier molecular flexibility index (Phi) is 13.7. The molecule has 0 N–H and O–H groups in total. The van der Waals surface area contributed by atoms with Crippen molar-refractivity contribution in [2.24, 2.45) is 0 Å². The van der Waals surface area contributed by atoms with Crippen LogP contribution >= 0.6 is 22.7 Å². The Labute approximate surface area is 489 Å². The Morgan fingerprint density at radius 3 is 0.919 bits per heavy atom. The second-order valence-corrected chi connectivity index (χ2v) is 22.5. The SMILES string of the molecule is FC(F)(F)c1cc(-c2cc(-c3ccc4sc5ccccc5c4c3)cc(N(c3ccc(N(c4cccnc4)c4cc(-c5cc(C(F)(F)F)cc(C(F)(F)F)c5)cc(-c5ccc6sc7ccccc7c6c5)c4)cc3)c3cccnc3)c2)cc(C(F)(F)F)c1. The number of thiophene rings is 2. The molecule has 426 valence electrons. The molecule has 4 heterocycles. The highest BCUT2D eigenvalue weighted by Crippen LogP contribution is 2.48. The average molecular weight is 1200 g/mol. The van der Waals surface area contributed by atoms with Crippen LogP contribution in [0, 0.1) is 0 Å². The molecule has 0 aliphatic carbocycles. The van der Waals surface area contributed by atoms with Gasteiger partial charge in [-0.05, 0) is 202 Å². The minimum Gasteiger partial charge on any atom is -0.309 e. The summed E-state index contributed by atoms with van der Waals surface area (Å²) in [6, 6.07) is 53.2. The number of hydrogen-bond acceptors (Lipinski definition) is 6. The van der Waals surface area contributed by atoms with Crippen LogP contribution in [0.1, 0.15) is 22.3 Å². The first-order valence-corrected chi connectivity index (χ1v) is 28.0. The molecule has 0 fully saturated rings. The highest BCUT2D eigenvalue weighted by atomic mass is 32.1. The van der Waals surface area contributed by atoms with Crippen molar-refractivity contribution in [2.45, 2.75) is 24.7 Å². The van der Waals surface area contributed by atoms with Crippen LogP contribution < -0.4 is 9.80 Å². The van der Waals surface area contributed by atoms with Crippen molar-refractivity contribution in [2.75, 3.05) is 9.80 Å². The van der Waals surface area contributed by atoms with Gasteiger partial charge in [0.1, 0.15) is 0 Å². The van der Waals surface area contributed by atoms with Crippen LogP contribution in [-0.4, -0.2) is 9.97 Å². The molecule has 86 heavy (non-hydrogen) atoms. The van der Waals surface area contributed by atoms with Gasteiger partial charge in [-0.25, -0.2) is 0 Å². The quantitative estimate of drug-likeness (QED) is 0.128. The van der Waals surface area contributed by atoms with Crippen molar-refractivity contribution in [3.63, 3.8) is 0 Å². The number of nitrogens with zero attached hydrogens (tertiary/aromatic N) is 4. The number of hydrogen-bond donors (Lipinski definition) is 0. The number of benzene rings is 9. The third kappa shape index (κ3) is 10.9. The number of fused-ring (bicyclic) bond motifs is 6. The Bertz CT molecular complexity index is 4360.